The number of hydrogen-bond acceptors (Lipinski definition) is 4. The minimum atomic E-state index is -3.62. The topological polar surface area (TPSA) is 86.5 Å². The van der Waals surface area contributed by atoms with Gasteiger partial charge in [-0.2, -0.15) is 0 Å². The van der Waals surface area contributed by atoms with Gasteiger partial charge in [0.1, 0.15) is 0 Å². The lowest BCUT2D eigenvalue weighted by Crippen LogP contribution is -2.28. The summed E-state index contributed by atoms with van der Waals surface area (Å²) in [7, 11) is -3.62. The molecule has 2 N–H and O–H groups in total. The maximum atomic E-state index is 11.9. The molecule has 0 saturated carbocycles. The number of carboxylic acids is 1. The fourth-order valence-corrected chi connectivity index (χ4v) is 2.58. The minimum Gasteiger partial charge on any atom is -0.478 e. The monoisotopic (exact) mass is 270 g/mol. The van der Waals surface area contributed by atoms with Crippen LogP contribution in [0.3, 0.4) is 0 Å². The Hall–Kier alpha value is -1.44. The molecule has 1 aromatic carbocycles. The van der Waals surface area contributed by atoms with Crippen LogP contribution in [-0.4, -0.2) is 50.6 Å². The van der Waals surface area contributed by atoms with E-state index in [1.807, 2.05) is 0 Å². The second-order valence-corrected chi connectivity index (χ2v) is 5.84. The standard InChI is InChI=1S/C11H14N2O4S/c14-11(15)9-2-1-3-10(8-9)18(16,17)12-4-5-13-6-7-13/h1-3,8,12H,4-7H2,(H,14,15). The van der Waals surface area contributed by atoms with Crippen molar-refractivity contribution in [3.63, 3.8) is 0 Å². The van der Waals surface area contributed by atoms with Crippen LogP contribution in [0.15, 0.2) is 29.2 Å². The van der Waals surface area contributed by atoms with Crippen LogP contribution < -0.4 is 4.72 Å². The normalized spacial score (nSPS) is 15.6. The number of sulfonamides is 1. The fraction of sp³-hybridized carbons (Fsp3) is 0.364. The number of rotatable bonds is 6. The largest absolute Gasteiger partial charge is 0.478 e. The van der Waals surface area contributed by atoms with Crippen LogP contribution in [0.5, 0.6) is 0 Å². The number of hydrogen-bond donors (Lipinski definition) is 2. The van der Waals surface area contributed by atoms with Crippen LogP contribution in [0.4, 0.5) is 0 Å². The summed E-state index contributed by atoms with van der Waals surface area (Å²) in [4.78, 5) is 12.8. The highest BCUT2D eigenvalue weighted by Crippen LogP contribution is 2.11. The molecule has 7 heteroatoms. The molecule has 1 saturated heterocycles. The van der Waals surface area contributed by atoms with Crippen molar-refractivity contribution in [1.29, 1.82) is 0 Å². The summed E-state index contributed by atoms with van der Waals surface area (Å²) in [5, 5.41) is 8.81. The predicted octanol–water partition coefficient (Wildman–Crippen LogP) is -0.0213. The number of carboxylic acid groups (broad SMARTS) is 1. The highest BCUT2D eigenvalue weighted by Gasteiger charge is 2.19. The first-order valence-corrected chi connectivity index (χ1v) is 7.03. The molecule has 0 amide bonds. The van der Waals surface area contributed by atoms with Crippen molar-refractivity contribution in [3.05, 3.63) is 29.8 Å². The van der Waals surface area contributed by atoms with E-state index in [0.717, 1.165) is 19.2 Å². The Bertz CT molecular complexity index is 552. The highest BCUT2D eigenvalue weighted by molar-refractivity contribution is 7.89. The van der Waals surface area contributed by atoms with Gasteiger partial charge in [0.25, 0.3) is 0 Å². The lowest BCUT2D eigenvalue weighted by Gasteiger charge is -2.07. The molecule has 6 nitrogen and oxygen atoms in total. The molecule has 1 aliphatic heterocycles. The van der Waals surface area contributed by atoms with Gasteiger partial charge in [0.05, 0.1) is 10.5 Å². The number of benzene rings is 1. The Morgan fingerprint density at radius 2 is 2.11 bits per heavy atom. The van der Waals surface area contributed by atoms with E-state index in [2.05, 4.69) is 9.62 Å². The summed E-state index contributed by atoms with van der Waals surface area (Å²) in [6.07, 6.45) is 0. The lowest BCUT2D eigenvalue weighted by molar-refractivity contribution is 0.0696. The Kier molecular flexibility index (Phi) is 3.65. The second kappa shape index (κ2) is 5.05. The van der Waals surface area contributed by atoms with Crippen LogP contribution in [0.2, 0.25) is 0 Å². The van der Waals surface area contributed by atoms with Crippen LogP contribution in [0, 0.1) is 0 Å². The molecule has 1 heterocycles. The zero-order valence-corrected chi connectivity index (χ0v) is 10.5. The molecular formula is C11H14N2O4S. The SMILES string of the molecule is O=C(O)c1cccc(S(=O)(=O)NCCN2CC2)c1. The molecule has 0 radical (unpaired) electrons. The molecule has 98 valence electrons. The average Bonchev–Trinajstić information content (AvgIpc) is 3.13. The molecule has 1 fully saturated rings. The van der Waals surface area contributed by atoms with E-state index in [1.165, 1.54) is 18.2 Å². The van der Waals surface area contributed by atoms with Crippen molar-refractivity contribution in [2.45, 2.75) is 4.90 Å². The van der Waals surface area contributed by atoms with Crippen LogP contribution >= 0.6 is 0 Å². The van der Waals surface area contributed by atoms with Crippen LogP contribution in [0.1, 0.15) is 10.4 Å². The maximum Gasteiger partial charge on any atom is 0.335 e. The predicted molar refractivity (Wildman–Crippen MR) is 65.0 cm³/mol. The smallest absolute Gasteiger partial charge is 0.335 e. The third-order valence-corrected chi connectivity index (χ3v) is 4.11. The molecule has 0 bridgehead atoms. The molecule has 0 spiro atoms. The molecular weight excluding hydrogens is 256 g/mol. The van der Waals surface area contributed by atoms with Crippen LogP contribution in [0.25, 0.3) is 0 Å². The quantitative estimate of drug-likeness (QED) is 0.709. The number of nitrogens with zero attached hydrogens (tertiary/aromatic N) is 1. The van der Waals surface area contributed by atoms with E-state index in [-0.39, 0.29) is 10.5 Å². The molecule has 1 aromatic rings. The van der Waals surface area contributed by atoms with Gasteiger partial charge in [-0.3, -0.25) is 4.90 Å². The average molecular weight is 270 g/mol. The Morgan fingerprint density at radius 1 is 1.39 bits per heavy atom. The van der Waals surface area contributed by atoms with Gasteiger partial charge in [0.15, 0.2) is 0 Å². The molecule has 18 heavy (non-hydrogen) atoms. The van der Waals surface area contributed by atoms with Crippen molar-refractivity contribution in [3.8, 4) is 0 Å². The molecule has 0 atom stereocenters. The van der Waals surface area contributed by atoms with E-state index >= 15 is 0 Å². The van der Waals surface area contributed by atoms with E-state index in [4.69, 9.17) is 5.11 Å². The van der Waals surface area contributed by atoms with E-state index in [0.29, 0.717) is 13.1 Å². The van der Waals surface area contributed by atoms with Gasteiger partial charge in [0, 0.05) is 26.2 Å². The van der Waals surface area contributed by atoms with Gasteiger partial charge in [-0.05, 0) is 18.2 Å². The third kappa shape index (κ3) is 3.28. The number of aromatic carboxylic acids is 1. The first-order valence-electron chi connectivity index (χ1n) is 5.54. The summed E-state index contributed by atoms with van der Waals surface area (Å²) in [6, 6.07) is 5.31. The summed E-state index contributed by atoms with van der Waals surface area (Å²) in [5.74, 6) is -1.14. The van der Waals surface area contributed by atoms with Crippen molar-refractivity contribution < 1.29 is 18.3 Å². The van der Waals surface area contributed by atoms with Gasteiger partial charge in [-0.1, -0.05) is 6.07 Å². The molecule has 0 aliphatic carbocycles. The zero-order chi connectivity index (χ0) is 13.2. The van der Waals surface area contributed by atoms with Gasteiger partial charge >= 0.3 is 5.97 Å². The van der Waals surface area contributed by atoms with Crippen molar-refractivity contribution in [2.24, 2.45) is 0 Å². The van der Waals surface area contributed by atoms with Gasteiger partial charge in [-0.25, -0.2) is 17.9 Å². The Balaban J connectivity index is 2.07. The zero-order valence-electron chi connectivity index (χ0n) is 9.67. The second-order valence-electron chi connectivity index (χ2n) is 4.07. The van der Waals surface area contributed by atoms with E-state index in [9.17, 15) is 13.2 Å². The summed E-state index contributed by atoms with van der Waals surface area (Å²) >= 11 is 0. The molecule has 0 aromatic heterocycles. The van der Waals surface area contributed by atoms with Crippen molar-refractivity contribution in [1.82, 2.24) is 9.62 Å². The van der Waals surface area contributed by atoms with Crippen LogP contribution in [-0.2, 0) is 10.0 Å². The summed E-state index contributed by atoms with van der Waals surface area (Å²) in [5.41, 5.74) is -0.0381. The Labute approximate surface area is 105 Å². The highest BCUT2D eigenvalue weighted by atomic mass is 32.2. The number of carbonyl (C=O) groups is 1. The van der Waals surface area contributed by atoms with E-state index in [1.54, 1.807) is 0 Å². The lowest BCUT2D eigenvalue weighted by atomic mass is 10.2. The maximum absolute atomic E-state index is 11.9. The van der Waals surface area contributed by atoms with Gasteiger partial charge in [-0.15, -0.1) is 0 Å². The van der Waals surface area contributed by atoms with Gasteiger partial charge in [0.2, 0.25) is 10.0 Å². The molecule has 2 rings (SSSR count). The number of nitrogens with one attached hydrogen (secondary N) is 1. The summed E-state index contributed by atoms with van der Waals surface area (Å²) in [6.45, 7) is 3.03. The van der Waals surface area contributed by atoms with Crippen molar-refractivity contribution in [2.75, 3.05) is 26.2 Å². The Morgan fingerprint density at radius 3 is 2.72 bits per heavy atom. The summed E-state index contributed by atoms with van der Waals surface area (Å²) < 4.78 is 26.2. The fourth-order valence-electron chi connectivity index (χ4n) is 1.51. The minimum absolute atomic E-state index is 0.0202. The first kappa shape index (κ1) is 13.0. The van der Waals surface area contributed by atoms with E-state index < -0.39 is 16.0 Å². The third-order valence-electron chi connectivity index (χ3n) is 2.65. The molecule has 1 aliphatic rings. The molecule has 0 unspecified atom stereocenters. The van der Waals surface area contributed by atoms with Gasteiger partial charge < -0.3 is 5.11 Å². The van der Waals surface area contributed by atoms with Crippen molar-refractivity contribution >= 4 is 16.0 Å². The first-order chi connectivity index (χ1) is 8.49.